The molecule has 0 saturated carbocycles. The molecule has 10 heavy (non-hydrogen) atoms. The molecule has 0 heteroatoms. The van der Waals surface area contributed by atoms with Gasteiger partial charge in [-0.3, -0.25) is 0 Å². The predicted molar refractivity (Wildman–Crippen MR) is 48.1 cm³/mol. The molecule has 0 nitrogen and oxygen atoms in total. The second-order valence-electron chi connectivity index (χ2n) is 2.81. The van der Waals surface area contributed by atoms with Gasteiger partial charge in [-0.1, -0.05) is 43.6 Å². The van der Waals surface area contributed by atoms with E-state index in [2.05, 4.69) is 33.4 Å². The largest absolute Gasteiger partial charge is 0.0959 e. The molecule has 0 unspecified atom stereocenters. The summed E-state index contributed by atoms with van der Waals surface area (Å²) in [6.07, 6.45) is 6.05. The van der Waals surface area contributed by atoms with Crippen molar-refractivity contribution in [3.8, 4) is 0 Å². The van der Waals surface area contributed by atoms with Crippen molar-refractivity contribution in [3.63, 3.8) is 0 Å². The molecule has 0 aromatic carbocycles. The Morgan fingerprint density at radius 2 is 2.00 bits per heavy atom. The van der Waals surface area contributed by atoms with E-state index < -0.39 is 0 Å². The van der Waals surface area contributed by atoms with Crippen molar-refractivity contribution in [2.45, 2.75) is 40.0 Å². The Morgan fingerprint density at radius 1 is 1.40 bits per heavy atom. The van der Waals surface area contributed by atoms with Gasteiger partial charge in [0.2, 0.25) is 0 Å². The van der Waals surface area contributed by atoms with Gasteiger partial charge in [-0.2, -0.15) is 0 Å². The first kappa shape index (κ1) is 9.48. The molecule has 0 saturated heterocycles. The van der Waals surface area contributed by atoms with E-state index in [0.717, 1.165) is 0 Å². The smallest absolute Gasteiger partial charge is 0.0345 e. The average Bonchev–Trinajstić information content (AvgIpc) is 1.88. The molecular weight excluding hydrogens is 120 g/mol. The van der Waals surface area contributed by atoms with Crippen LogP contribution in [0.1, 0.15) is 40.0 Å². The lowest BCUT2D eigenvalue weighted by atomic mass is 10.1. The van der Waals surface area contributed by atoms with Gasteiger partial charge in [-0.15, -0.1) is 0 Å². The molecule has 0 aliphatic heterocycles. The molecule has 0 fully saturated rings. The van der Waals surface area contributed by atoms with Crippen molar-refractivity contribution < 1.29 is 0 Å². The third-order valence-electron chi connectivity index (χ3n) is 1.68. The van der Waals surface area contributed by atoms with Gasteiger partial charge in [0.15, 0.2) is 0 Å². The molecule has 0 bridgehead atoms. The third kappa shape index (κ3) is 4.37. The average molecular weight is 138 g/mol. The van der Waals surface area contributed by atoms with Crippen LogP contribution in [0.25, 0.3) is 0 Å². The number of unbranched alkanes of at least 4 members (excludes halogenated alkanes) is 2. The van der Waals surface area contributed by atoms with Crippen LogP contribution < -0.4 is 0 Å². The number of rotatable bonds is 4. The van der Waals surface area contributed by atoms with Gasteiger partial charge in [0.25, 0.3) is 0 Å². The van der Waals surface area contributed by atoms with E-state index in [4.69, 9.17) is 0 Å². The summed E-state index contributed by atoms with van der Waals surface area (Å²) >= 11 is 0. The van der Waals surface area contributed by atoms with Crippen molar-refractivity contribution >= 4 is 0 Å². The van der Waals surface area contributed by atoms with Crippen molar-refractivity contribution in [1.29, 1.82) is 0 Å². The zero-order chi connectivity index (χ0) is 7.98. The molecule has 0 N–H and O–H groups in total. The maximum atomic E-state index is 3.87. The van der Waals surface area contributed by atoms with Crippen LogP contribution in [0.4, 0.5) is 0 Å². The normalized spacial score (nSPS) is 11.7. The van der Waals surface area contributed by atoms with Crippen molar-refractivity contribution in [1.82, 2.24) is 0 Å². The van der Waals surface area contributed by atoms with Gasteiger partial charge in [-0.05, 0) is 20.3 Å². The zero-order valence-electron chi connectivity index (χ0n) is 7.41. The van der Waals surface area contributed by atoms with Gasteiger partial charge >= 0.3 is 0 Å². The SMILES string of the molecule is C=C(C)C(C)=CCCCC. The van der Waals surface area contributed by atoms with Gasteiger partial charge in [0.1, 0.15) is 0 Å². The lowest BCUT2D eigenvalue weighted by molar-refractivity contribution is 0.811. The molecule has 0 spiro atoms. The zero-order valence-corrected chi connectivity index (χ0v) is 7.41. The summed E-state index contributed by atoms with van der Waals surface area (Å²) in [5.41, 5.74) is 2.53. The van der Waals surface area contributed by atoms with E-state index >= 15 is 0 Å². The second-order valence-corrected chi connectivity index (χ2v) is 2.81. The summed E-state index contributed by atoms with van der Waals surface area (Å²) in [6, 6.07) is 0. The maximum absolute atomic E-state index is 3.87. The van der Waals surface area contributed by atoms with Crippen LogP contribution in [-0.4, -0.2) is 0 Å². The molecule has 0 rings (SSSR count). The molecule has 0 atom stereocenters. The highest BCUT2D eigenvalue weighted by Gasteiger charge is 1.87. The molecular formula is C10H18. The van der Waals surface area contributed by atoms with E-state index in [1.54, 1.807) is 0 Å². The molecule has 0 aliphatic rings. The Bertz CT molecular complexity index is 129. The number of hydrogen-bond donors (Lipinski definition) is 0. The van der Waals surface area contributed by atoms with E-state index in [1.807, 2.05) is 0 Å². The molecule has 0 aromatic heterocycles. The van der Waals surface area contributed by atoms with Gasteiger partial charge in [0.05, 0.1) is 0 Å². The Kier molecular flexibility index (Phi) is 5.00. The summed E-state index contributed by atoms with van der Waals surface area (Å²) < 4.78 is 0. The number of hydrogen-bond acceptors (Lipinski definition) is 0. The first-order valence-electron chi connectivity index (χ1n) is 4.01. The summed E-state index contributed by atoms with van der Waals surface area (Å²) in [5.74, 6) is 0. The van der Waals surface area contributed by atoms with Crippen molar-refractivity contribution in [3.05, 3.63) is 23.8 Å². The highest BCUT2D eigenvalue weighted by molar-refractivity contribution is 5.23. The van der Waals surface area contributed by atoms with E-state index in [0.29, 0.717) is 0 Å². The summed E-state index contributed by atoms with van der Waals surface area (Å²) in [6.45, 7) is 10.3. The van der Waals surface area contributed by atoms with Gasteiger partial charge in [0, 0.05) is 0 Å². The highest BCUT2D eigenvalue weighted by Crippen LogP contribution is 2.07. The van der Waals surface area contributed by atoms with Crippen LogP contribution in [0, 0.1) is 0 Å². The molecule has 0 heterocycles. The monoisotopic (exact) mass is 138 g/mol. The van der Waals surface area contributed by atoms with Crippen LogP contribution in [0.5, 0.6) is 0 Å². The topological polar surface area (TPSA) is 0 Å². The minimum atomic E-state index is 1.19. The highest BCUT2D eigenvalue weighted by atomic mass is 13.9. The van der Waals surface area contributed by atoms with Gasteiger partial charge in [-0.25, -0.2) is 0 Å². The van der Waals surface area contributed by atoms with E-state index in [1.165, 1.54) is 30.4 Å². The fourth-order valence-corrected chi connectivity index (χ4v) is 0.697. The minimum Gasteiger partial charge on any atom is -0.0959 e. The Balaban J connectivity index is 3.58. The molecule has 0 aromatic rings. The van der Waals surface area contributed by atoms with Crippen LogP contribution in [0.2, 0.25) is 0 Å². The molecule has 0 radical (unpaired) electrons. The molecule has 58 valence electrons. The second kappa shape index (κ2) is 5.28. The molecule has 0 aliphatic carbocycles. The van der Waals surface area contributed by atoms with Crippen LogP contribution in [0.3, 0.4) is 0 Å². The lowest BCUT2D eigenvalue weighted by Gasteiger charge is -1.97. The van der Waals surface area contributed by atoms with Crippen LogP contribution >= 0.6 is 0 Å². The minimum absolute atomic E-state index is 1.19. The number of allylic oxidation sites excluding steroid dienone is 3. The first-order valence-corrected chi connectivity index (χ1v) is 4.01. The summed E-state index contributed by atoms with van der Waals surface area (Å²) in [4.78, 5) is 0. The van der Waals surface area contributed by atoms with Crippen molar-refractivity contribution in [2.24, 2.45) is 0 Å². The van der Waals surface area contributed by atoms with E-state index in [-0.39, 0.29) is 0 Å². The van der Waals surface area contributed by atoms with E-state index in [9.17, 15) is 0 Å². The fraction of sp³-hybridized carbons (Fsp3) is 0.600. The summed E-state index contributed by atoms with van der Waals surface area (Å²) in [5, 5.41) is 0. The Labute approximate surface area is 64.6 Å². The Hall–Kier alpha value is -0.520. The standard InChI is InChI=1S/C10H18/c1-5-6-7-8-10(4)9(2)3/h8H,2,5-7H2,1,3-4H3. The maximum Gasteiger partial charge on any atom is -0.0345 e. The lowest BCUT2D eigenvalue weighted by Crippen LogP contribution is -1.76. The molecule has 0 amide bonds. The van der Waals surface area contributed by atoms with Crippen LogP contribution in [0.15, 0.2) is 23.8 Å². The van der Waals surface area contributed by atoms with Crippen LogP contribution in [-0.2, 0) is 0 Å². The quantitative estimate of drug-likeness (QED) is 0.410. The fourth-order valence-electron chi connectivity index (χ4n) is 0.697. The predicted octanol–water partition coefficient (Wildman–Crippen LogP) is 3.70. The Morgan fingerprint density at radius 3 is 2.40 bits per heavy atom. The van der Waals surface area contributed by atoms with Gasteiger partial charge < -0.3 is 0 Å². The summed E-state index contributed by atoms with van der Waals surface area (Å²) in [7, 11) is 0. The van der Waals surface area contributed by atoms with Crippen molar-refractivity contribution in [2.75, 3.05) is 0 Å². The third-order valence-corrected chi connectivity index (χ3v) is 1.68. The first-order chi connectivity index (χ1) is 4.68.